The van der Waals surface area contributed by atoms with Crippen LogP contribution in [0.4, 0.5) is 0 Å². The summed E-state index contributed by atoms with van der Waals surface area (Å²) < 4.78 is 44.7. The third-order valence-corrected chi connectivity index (χ3v) is 5.57. The van der Waals surface area contributed by atoms with Crippen molar-refractivity contribution in [2.45, 2.75) is 37.5 Å². The first-order valence-electron chi connectivity index (χ1n) is 8.49. The second-order valence-electron chi connectivity index (χ2n) is 6.66. The fraction of sp³-hybridized carbons (Fsp3) is 0.556. The largest absolute Gasteiger partial charge is 1.00 e. The number of carbonyl (C=O) groups excluding carboxylic acids is 2. The molecule has 9 heteroatoms. The van der Waals surface area contributed by atoms with Gasteiger partial charge in [0.1, 0.15) is 10.1 Å². The first-order chi connectivity index (χ1) is 12.2. The van der Waals surface area contributed by atoms with Gasteiger partial charge in [0.2, 0.25) is 0 Å². The molecule has 0 atom stereocenters. The van der Waals surface area contributed by atoms with Crippen LogP contribution in [0.15, 0.2) is 23.1 Å². The molecule has 0 heterocycles. The van der Waals surface area contributed by atoms with Crippen molar-refractivity contribution in [1.82, 2.24) is 0 Å². The molecule has 0 saturated heterocycles. The summed E-state index contributed by atoms with van der Waals surface area (Å²) in [4.78, 5) is 22.9. The average molecular weight is 406 g/mol. The van der Waals surface area contributed by atoms with Gasteiger partial charge < -0.3 is 14.0 Å². The quantitative estimate of drug-likeness (QED) is 0.258. The Morgan fingerprint density at radius 2 is 1.67 bits per heavy atom. The van der Waals surface area contributed by atoms with E-state index in [9.17, 15) is 22.6 Å². The summed E-state index contributed by atoms with van der Waals surface area (Å²) in [5.41, 5.74) is -0.287. The SMILES string of the molecule is COCC1CCC(COC(=O)c2ccc(C(C)=O)cc2S(=O)(=O)[O-])CC1.[Na+]. The maximum atomic E-state index is 12.3. The molecular weight excluding hydrogens is 383 g/mol. The van der Waals surface area contributed by atoms with Crippen molar-refractivity contribution < 1.29 is 61.6 Å². The minimum atomic E-state index is -4.91. The Bertz CT molecular complexity index is 768. The van der Waals surface area contributed by atoms with Crippen LogP contribution in [0, 0.1) is 11.8 Å². The van der Waals surface area contributed by atoms with E-state index in [-0.39, 0.29) is 53.2 Å². The van der Waals surface area contributed by atoms with Crippen molar-refractivity contribution in [1.29, 1.82) is 0 Å². The second-order valence-corrected chi connectivity index (χ2v) is 8.01. The molecule has 7 nitrogen and oxygen atoms in total. The van der Waals surface area contributed by atoms with Gasteiger partial charge in [-0.25, -0.2) is 13.2 Å². The molecule has 0 radical (unpaired) electrons. The smallest absolute Gasteiger partial charge is 0.744 e. The number of ketones is 1. The van der Waals surface area contributed by atoms with E-state index in [1.807, 2.05) is 0 Å². The van der Waals surface area contributed by atoms with E-state index < -0.39 is 26.8 Å². The van der Waals surface area contributed by atoms with E-state index in [1.54, 1.807) is 7.11 Å². The third kappa shape index (κ3) is 6.96. The monoisotopic (exact) mass is 406 g/mol. The number of hydrogen-bond acceptors (Lipinski definition) is 7. The predicted octanol–water partition coefficient (Wildman–Crippen LogP) is -0.593. The summed E-state index contributed by atoms with van der Waals surface area (Å²) in [5.74, 6) is -0.546. The molecule has 0 N–H and O–H groups in total. The zero-order chi connectivity index (χ0) is 19.3. The predicted molar refractivity (Wildman–Crippen MR) is 92.0 cm³/mol. The summed E-state index contributed by atoms with van der Waals surface area (Å²) in [5, 5.41) is 0. The van der Waals surface area contributed by atoms with E-state index in [0.717, 1.165) is 44.4 Å². The van der Waals surface area contributed by atoms with Crippen LogP contribution in [0.3, 0.4) is 0 Å². The van der Waals surface area contributed by atoms with Crippen molar-refractivity contribution in [2.24, 2.45) is 11.8 Å². The van der Waals surface area contributed by atoms with Crippen LogP contribution in [0.1, 0.15) is 53.3 Å². The Morgan fingerprint density at radius 1 is 1.11 bits per heavy atom. The Morgan fingerprint density at radius 3 is 2.15 bits per heavy atom. The summed E-state index contributed by atoms with van der Waals surface area (Å²) in [6, 6.07) is 3.39. The van der Waals surface area contributed by atoms with Crippen molar-refractivity contribution in [3.63, 3.8) is 0 Å². The number of hydrogen-bond donors (Lipinski definition) is 0. The molecule has 0 unspecified atom stereocenters. The standard InChI is InChI=1S/C18H24O7S.Na/c1-12(19)15-7-8-16(17(9-15)26(21,22)23)18(20)25-11-14-5-3-13(4-6-14)10-24-2;/h7-9,13-14H,3-6,10-11H2,1-2H3,(H,21,22,23);/q;+1/p-1. The number of carbonyl (C=O) groups is 2. The third-order valence-electron chi connectivity index (χ3n) is 4.70. The normalized spacial score (nSPS) is 19.8. The van der Waals surface area contributed by atoms with Crippen LogP contribution in [0.2, 0.25) is 0 Å². The molecule has 1 saturated carbocycles. The minimum absolute atomic E-state index is 0. The van der Waals surface area contributed by atoms with E-state index in [0.29, 0.717) is 5.92 Å². The zero-order valence-electron chi connectivity index (χ0n) is 15.9. The van der Waals surface area contributed by atoms with Crippen LogP contribution in [0.25, 0.3) is 0 Å². The number of esters is 1. The van der Waals surface area contributed by atoms with E-state index in [1.165, 1.54) is 13.0 Å². The van der Waals surface area contributed by atoms with Gasteiger partial charge in [0.05, 0.1) is 17.1 Å². The molecule has 2 rings (SSSR count). The van der Waals surface area contributed by atoms with Gasteiger partial charge in [0, 0.05) is 19.3 Å². The molecule has 144 valence electrons. The van der Waals surface area contributed by atoms with Crippen LogP contribution in [0.5, 0.6) is 0 Å². The molecule has 1 aromatic carbocycles. The molecule has 27 heavy (non-hydrogen) atoms. The maximum Gasteiger partial charge on any atom is 1.00 e. The topological polar surface area (TPSA) is 110 Å². The molecular formula is C18H23NaO7S. The molecule has 0 amide bonds. The maximum absolute atomic E-state index is 12.3. The van der Waals surface area contributed by atoms with Crippen molar-refractivity contribution >= 4 is 21.9 Å². The average Bonchev–Trinajstić information content (AvgIpc) is 2.59. The summed E-state index contributed by atoms with van der Waals surface area (Å²) in [6.45, 7) is 2.14. The molecule has 0 spiro atoms. The van der Waals surface area contributed by atoms with Gasteiger partial charge in [-0.1, -0.05) is 6.07 Å². The molecule has 1 aliphatic rings. The summed E-state index contributed by atoms with van der Waals surface area (Å²) >= 11 is 0. The Hall–Kier alpha value is -0.770. The fourth-order valence-corrected chi connectivity index (χ4v) is 3.88. The van der Waals surface area contributed by atoms with Gasteiger partial charge in [-0.2, -0.15) is 0 Å². The van der Waals surface area contributed by atoms with Crippen LogP contribution in [-0.4, -0.2) is 45.0 Å². The van der Waals surface area contributed by atoms with Crippen LogP contribution < -0.4 is 29.6 Å². The summed E-state index contributed by atoms with van der Waals surface area (Å²) in [7, 11) is -3.23. The van der Waals surface area contributed by atoms with Gasteiger partial charge in [-0.15, -0.1) is 0 Å². The van der Waals surface area contributed by atoms with Crippen molar-refractivity contribution in [2.75, 3.05) is 20.3 Å². The van der Waals surface area contributed by atoms with E-state index in [2.05, 4.69) is 0 Å². The number of ether oxygens (including phenoxy) is 2. The van der Waals surface area contributed by atoms with Crippen molar-refractivity contribution in [3.8, 4) is 0 Å². The van der Waals surface area contributed by atoms with Gasteiger partial charge in [-0.3, -0.25) is 4.79 Å². The van der Waals surface area contributed by atoms with E-state index >= 15 is 0 Å². The molecule has 1 aliphatic carbocycles. The second kappa shape index (κ2) is 10.7. The number of Topliss-reactive ketones (excluding diaryl/α,β-unsaturated/α-hetero) is 1. The van der Waals surface area contributed by atoms with Gasteiger partial charge in [0.25, 0.3) is 0 Å². The van der Waals surface area contributed by atoms with Crippen LogP contribution in [-0.2, 0) is 19.6 Å². The molecule has 0 bridgehead atoms. The number of benzene rings is 1. The van der Waals surface area contributed by atoms with Gasteiger partial charge >= 0.3 is 35.5 Å². The molecule has 1 aromatic rings. The molecule has 0 aromatic heterocycles. The zero-order valence-corrected chi connectivity index (χ0v) is 18.7. The minimum Gasteiger partial charge on any atom is -0.744 e. The first-order valence-corrected chi connectivity index (χ1v) is 9.90. The van der Waals surface area contributed by atoms with Gasteiger partial charge in [-0.05, 0) is 56.6 Å². The fourth-order valence-electron chi connectivity index (χ4n) is 3.19. The number of methoxy groups -OCH3 is 1. The Balaban J connectivity index is 0.00000364. The molecule has 0 aliphatic heterocycles. The Labute approximate surface area is 181 Å². The van der Waals surface area contributed by atoms with Crippen LogP contribution >= 0.6 is 0 Å². The number of rotatable bonds is 7. The summed E-state index contributed by atoms with van der Waals surface area (Å²) in [6.07, 6.45) is 3.78. The Kier molecular flexibility index (Phi) is 9.61. The molecule has 1 fully saturated rings. The van der Waals surface area contributed by atoms with Gasteiger partial charge in [0.15, 0.2) is 5.78 Å². The van der Waals surface area contributed by atoms with E-state index in [4.69, 9.17) is 9.47 Å². The first kappa shape index (κ1) is 24.3. The van der Waals surface area contributed by atoms with Crippen molar-refractivity contribution in [3.05, 3.63) is 29.3 Å².